The number of hydrogen-bond acceptors (Lipinski definition) is 5. The van der Waals surface area contributed by atoms with Crippen molar-refractivity contribution in [1.82, 2.24) is 5.32 Å². The first kappa shape index (κ1) is 22.8. The molecule has 0 radical (unpaired) electrons. The van der Waals surface area contributed by atoms with Crippen molar-refractivity contribution in [2.75, 3.05) is 24.4 Å². The number of nitrogens with one attached hydrogen (secondary N) is 2. The molecule has 0 aromatic heterocycles. The van der Waals surface area contributed by atoms with E-state index in [1.807, 2.05) is 6.92 Å². The zero-order chi connectivity index (χ0) is 19.0. The van der Waals surface area contributed by atoms with E-state index in [0.717, 1.165) is 0 Å². The van der Waals surface area contributed by atoms with Crippen molar-refractivity contribution in [3.05, 3.63) is 54.1 Å². The fraction of sp³-hybridized carbons (Fsp3) is 0.278. The van der Waals surface area contributed by atoms with Gasteiger partial charge < -0.3 is 15.8 Å². The van der Waals surface area contributed by atoms with Gasteiger partial charge in [-0.15, -0.1) is 12.4 Å². The smallest absolute Gasteiger partial charge is 0.261 e. The number of carbonyl (C=O) groups excluding carboxylic acids is 1. The van der Waals surface area contributed by atoms with Crippen LogP contribution in [0.3, 0.4) is 0 Å². The van der Waals surface area contributed by atoms with Gasteiger partial charge in [-0.2, -0.15) is 0 Å². The maximum Gasteiger partial charge on any atom is 0.261 e. The summed E-state index contributed by atoms with van der Waals surface area (Å²) in [5, 5.41) is 2.73. The zero-order valence-electron chi connectivity index (χ0n) is 15.0. The Hall–Kier alpha value is -2.29. The number of anilines is 1. The van der Waals surface area contributed by atoms with Crippen molar-refractivity contribution in [1.29, 1.82) is 0 Å². The minimum atomic E-state index is -3.76. The number of carbonyl (C=O) groups is 1. The van der Waals surface area contributed by atoms with Crippen LogP contribution < -0.4 is 20.5 Å². The average molecular weight is 414 g/mol. The van der Waals surface area contributed by atoms with Crippen LogP contribution >= 0.6 is 12.4 Å². The van der Waals surface area contributed by atoms with Crippen molar-refractivity contribution < 1.29 is 17.9 Å². The average Bonchev–Trinajstić information content (AvgIpc) is 2.62. The summed E-state index contributed by atoms with van der Waals surface area (Å²) in [6.45, 7) is 3.32. The molecule has 0 aliphatic heterocycles. The molecule has 27 heavy (non-hydrogen) atoms. The molecule has 9 heteroatoms. The lowest BCUT2D eigenvalue weighted by Gasteiger charge is -2.10. The van der Waals surface area contributed by atoms with Gasteiger partial charge in [-0.1, -0.05) is 6.07 Å². The van der Waals surface area contributed by atoms with Crippen molar-refractivity contribution >= 4 is 34.0 Å². The molecule has 0 heterocycles. The van der Waals surface area contributed by atoms with E-state index in [1.165, 1.54) is 18.2 Å². The van der Waals surface area contributed by atoms with E-state index >= 15 is 0 Å². The van der Waals surface area contributed by atoms with Crippen LogP contribution in [0.15, 0.2) is 53.4 Å². The molecule has 2 aromatic carbocycles. The summed E-state index contributed by atoms with van der Waals surface area (Å²) in [4.78, 5) is 12.2. The maximum atomic E-state index is 12.5. The third kappa shape index (κ3) is 6.74. The van der Waals surface area contributed by atoms with Crippen LogP contribution in [0.25, 0.3) is 0 Å². The highest BCUT2D eigenvalue weighted by Crippen LogP contribution is 2.20. The molecule has 2 rings (SSSR count). The van der Waals surface area contributed by atoms with Gasteiger partial charge in [0.2, 0.25) is 0 Å². The number of halogens is 1. The highest BCUT2D eigenvalue weighted by Gasteiger charge is 2.15. The summed E-state index contributed by atoms with van der Waals surface area (Å²) in [7, 11) is -3.76. The van der Waals surface area contributed by atoms with Gasteiger partial charge in [-0.25, -0.2) is 8.42 Å². The predicted molar refractivity (Wildman–Crippen MR) is 108 cm³/mol. The lowest BCUT2D eigenvalue weighted by Crippen LogP contribution is -2.26. The molecule has 2 aromatic rings. The van der Waals surface area contributed by atoms with E-state index in [1.54, 1.807) is 30.3 Å². The van der Waals surface area contributed by atoms with Crippen molar-refractivity contribution in [2.45, 2.75) is 18.2 Å². The van der Waals surface area contributed by atoms with Gasteiger partial charge >= 0.3 is 0 Å². The van der Waals surface area contributed by atoms with E-state index in [2.05, 4.69) is 10.0 Å². The molecule has 0 bridgehead atoms. The Morgan fingerprint density at radius 1 is 1.15 bits per heavy atom. The Labute approximate surface area is 165 Å². The van der Waals surface area contributed by atoms with Gasteiger partial charge in [0.15, 0.2) is 0 Å². The molecule has 148 valence electrons. The van der Waals surface area contributed by atoms with Crippen LogP contribution in [-0.4, -0.2) is 34.0 Å². The molecule has 0 aliphatic carbocycles. The fourth-order valence-electron chi connectivity index (χ4n) is 2.23. The normalized spacial score (nSPS) is 10.6. The van der Waals surface area contributed by atoms with Crippen LogP contribution in [0.2, 0.25) is 0 Å². The number of rotatable bonds is 9. The molecular weight excluding hydrogens is 390 g/mol. The second-order valence-corrected chi connectivity index (χ2v) is 7.17. The Morgan fingerprint density at radius 2 is 1.85 bits per heavy atom. The van der Waals surface area contributed by atoms with Crippen LogP contribution in [0.1, 0.15) is 23.7 Å². The minimum Gasteiger partial charge on any atom is -0.494 e. The number of nitrogens with two attached hydrogens (primary N) is 1. The first-order valence-corrected chi connectivity index (χ1v) is 9.78. The molecule has 4 N–H and O–H groups in total. The van der Waals surface area contributed by atoms with E-state index in [9.17, 15) is 13.2 Å². The third-order valence-corrected chi connectivity index (χ3v) is 4.89. The number of amides is 1. The molecule has 1 amide bonds. The van der Waals surface area contributed by atoms with E-state index in [4.69, 9.17) is 10.5 Å². The summed E-state index contributed by atoms with van der Waals surface area (Å²) in [5.41, 5.74) is 6.07. The van der Waals surface area contributed by atoms with Crippen molar-refractivity contribution in [3.63, 3.8) is 0 Å². The van der Waals surface area contributed by atoms with Gasteiger partial charge in [0.25, 0.3) is 15.9 Å². The standard InChI is InChI=1S/C18H23N3O4S.ClH/c1-2-25-16-7-9-17(10-8-16)26(23,24)21-15-6-3-5-14(13-15)18(22)20-12-4-11-19;/h3,5-10,13,21H,2,4,11-12,19H2,1H3,(H,20,22);1H. The fourth-order valence-corrected chi connectivity index (χ4v) is 3.28. The summed E-state index contributed by atoms with van der Waals surface area (Å²) in [5.74, 6) is 0.322. The van der Waals surface area contributed by atoms with Gasteiger partial charge in [0, 0.05) is 17.8 Å². The third-order valence-electron chi connectivity index (χ3n) is 3.49. The second kappa shape index (κ2) is 10.8. The van der Waals surface area contributed by atoms with Crippen LogP contribution in [0, 0.1) is 0 Å². The number of sulfonamides is 1. The van der Waals surface area contributed by atoms with Crippen LogP contribution in [0.4, 0.5) is 5.69 Å². The predicted octanol–water partition coefficient (Wildman–Crippen LogP) is 2.39. The first-order chi connectivity index (χ1) is 12.5. The molecule has 0 atom stereocenters. The molecule has 0 spiro atoms. The Kier molecular flexibility index (Phi) is 9.07. The van der Waals surface area contributed by atoms with Crippen molar-refractivity contribution in [3.8, 4) is 5.75 Å². The van der Waals surface area contributed by atoms with Crippen molar-refractivity contribution in [2.24, 2.45) is 5.73 Å². The highest BCUT2D eigenvalue weighted by molar-refractivity contribution is 7.92. The maximum absolute atomic E-state index is 12.5. The number of ether oxygens (including phenoxy) is 1. The number of benzene rings is 2. The topological polar surface area (TPSA) is 111 Å². The van der Waals surface area contributed by atoms with Crippen LogP contribution in [-0.2, 0) is 10.0 Å². The minimum absolute atomic E-state index is 0. The van der Waals surface area contributed by atoms with E-state index in [-0.39, 0.29) is 23.2 Å². The second-order valence-electron chi connectivity index (χ2n) is 5.49. The first-order valence-electron chi connectivity index (χ1n) is 8.30. The Bertz CT molecular complexity index is 842. The summed E-state index contributed by atoms with van der Waals surface area (Å²) < 4.78 is 32.8. The van der Waals surface area contributed by atoms with Gasteiger partial charge in [0.1, 0.15) is 5.75 Å². The zero-order valence-corrected chi connectivity index (χ0v) is 16.6. The monoisotopic (exact) mass is 413 g/mol. The highest BCUT2D eigenvalue weighted by atomic mass is 35.5. The van der Waals surface area contributed by atoms with E-state index in [0.29, 0.717) is 43.1 Å². The van der Waals surface area contributed by atoms with Gasteiger partial charge in [-0.05, 0) is 62.4 Å². The lowest BCUT2D eigenvalue weighted by molar-refractivity contribution is 0.0953. The summed E-state index contributed by atoms with van der Waals surface area (Å²) >= 11 is 0. The van der Waals surface area contributed by atoms with Crippen LogP contribution in [0.5, 0.6) is 5.75 Å². The van der Waals surface area contributed by atoms with Gasteiger partial charge in [-0.3, -0.25) is 9.52 Å². The molecule has 7 nitrogen and oxygen atoms in total. The summed E-state index contributed by atoms with van der Waals surface area (Å²) in [6, 6.07) is 12.4. The van der Waals surface area contributed by atoms with E-state index < -0.39 is 10.0 Å². The molecule has 0 saturated heterocycles. The molecule has 0 saturated carbocycles. The molecule has 0 fully saturated rings. The lowest BCUT2D eigenvalue weighted by atomic mass is 10.2. The molecule has 0 aliphatic rings. The largest absolute Gasteiger partial charge is 0.494 e. The molecule has 0 unspecified atom stereocenters. The number of hydrogen-bond donors (Lipinski definition) is 3. The SMILES string of the molecule is CCOc1ccc(S(=O)(=O)Nc2cccc(C(=O)NCCCN)c2)cc1.Cl. The van der Waals surface area contributed by atoms with Gasteiger partial charge in [0.05, 0.1) is 11.5 Å². The quantitative estimate of drug-likeness (QED) is 0.546. The summed E-state index contributed by atoms with van der Waals surface area (Å²) in [6.07, 6.45) is 0.676. The Balaban J connectivity index is 0.00000364. The molecular formula is C18H24ClN3O4S. The Morgan fingerprint density at radius 3 is 2.48 bits per heavy atom.